The molecule has 4 heterocycles. The predicted octanol–water partition coefficient (Wildman–Crippen LogP) is 5.22. The third kappa shape index (κ3) is 2.04. The Kier molecular flexibility index (Phi) is 2.89. The molecule has 0 saturated heterocycles. The van der Waals surface area contributed by atoms with Crippen LogP contribution in [0.15, 0.2) is 65.4 Å². The van der Waals surface area contributed by atoms with E-state index in [9.17, 15) is 0 Å². The zero-order valence-electron chi connectivity index (χ0n) is 12.1. The number of rotatable bonds is 2. The minimum absolute atomic E-state index is 0.177. The lowest BCUT2D eigenvalue weighted by Gasteiger charge is -2.25. The van der Waals surface area contributed by atoms with Crippen molar-refractivity contribution in [3.05, 3.63) is 75.1 Å². The molecule has 1 aliphatic heterocycles. The molecule has 0 bridgehead atoms. The number of aromatic nitrogens is 2. The van der Waals surface area contributed by atoms with Crippen molar-refractivity contribution in [2.45, 2.75) is 6.04 Å². The highest BCUT2D eigenvalue weighted by atomic mass is 32.1. The van der Waals surface area contributed by atoms with Gasteiger partial charge in [-0.25, -0.2) is 4.98 Å². The Morgan fingerprint density at radius 1 is 0.957 bits per heavy atom. The molecule has 5 heteroatoms. The van der Waals surface area contributed by atoms with E-state index in [1.54, 1.807) is 22.7 Å². The highest BCUT2D eigenvalue weighted by Crippen LogP contribution is 2.38. The summed E-state index contributed by atoms with van der Waals surface area (Å²) in [6.45, 7) is 0. The lowest BCUT2D eigenvalue weighted by molar-refractivity contribution is 0.733. The van der Waals surface area contributed by atoms with Crippen molar-refractivity contribution in [2.75, 3.05) is 5.32 Å². The molecule has 112 valence electrons. The maximum absolute atomic E-state index is 4.79. The van der Waals surface area contributed by atoms with Crippen molar-refractivity contribution < 1.29 is 0 Å². The number of thiophene rings is 2. The highest BCUT2D eigenvalue weighted by molar-refractivity contribution is 7.11. The summed E-state index contributed by atoms with van der Waals surface area (Å²) in [6.07, 6.45) is 2.30. The molecule has 1 unspecified atom stereocenters. The van der Waals surface area contributed by atoms with Crippen LogP contribution in [0.25, 0.3) is 16.7 Å². The highest BCUT2D eigenvalue weighted by Gasteiger charge is 2.25. The molecule has 5 rings (SSSR count). The lowest BCUT2D eigenvalue weighted by atomic mass is 10.1. The second-order valence-corrected chi connectivity index (χ2v) is 7.36. The normalized spacial score (nSPS) is 16.9. The maximum atomic E-state index is 4.79. The van der Waals surface area contributed by atoms with Crippen LogP contribution >= 0.6 is 22.7 Å². The van der Waals surface area contributed by atoms with Crippen LogP contribution in [0.4, 0.5) is 5.95 Å². The van der Waals surface area contributed by atoms with Crippen molar-refractivity contribution in [2.24, 2.45) is 0 Å². The monoisotopic (exact) mass is 335 g/mol. The van der Waals surface area contributed by atoms with E-state index in [1.165, 1.54) is 9.75 Å². The van der Waals surface area contributed by atoms with Gasteiger partial charge in [-0.2, -0.15) is 0 Å². The molecule has 0 spiro atoms. The van der Waals surface area contributed by atoms with Crippen LogP contribution in [0.5, 0.6) is 0 Å². The average molecular weight is 335 g/mol. The predicted molar refractivity (Wildman–Crippen MR) is 98.1 cm³/mol. The molecule has 0 amide bonds. The Bertz CT molecular complexity index is 994. The van der Waals surface area contributed by atoms with E-state index >= 15 is 0 Å². The second kappa shape index (κ2) is 5.08. The van der Waals surface area contributed by atoms with Crippen molar-refractivity contribution in [3.8, 4) is 0 Å². The number of nitrogens with zero attached hydrogens (tertiary/aromatic N) is 2. The van der Waals surface area contributed by atoms with Gasteiger partial charge in [0.25, 0.3) is 0 Å². The molecule has 4 aromatic rings. The standard InChI is InChI=1S/C18H13N3S2/c1-2-6-14-12(5-1)19-18-20-13(16-7-3-9-22-16)11-15(21(14)18)17-8-4-10-23-17/h1-11,15H,(H,19,20). The van der Waals surface area contributed by atoms with E-state index in [0.717, 1.165) is 22.7 Å². The molecule has 0 aliphatic carbocycles. The van der Waals surface area contributed by atoms with Gasteiger partial charge in [0, 0.05) is 4.88 Å². The first kappa shape index (κ1) is 13.1. The van der Waals surface area contributed by atoms with Crippen LogP contribution in [0.3, 0.4) is 0 Å². The Morgan fingerprint density at radius 3 is 2.65 bits per heavy atom. The van der Waals surface area contributed by atoms with Gasteiger partial charge in [0.05, 0.1) is 27.6 Å². The minimum atomic E-state index is 0.177. The van der Waals surface area contributed by atoms with Gasteiger partial charge in [-0.15, -0.1) is 22.7 Å². The molecule has 3 aromatic heterocycles. The second-order valence-electron chi connectivity index (χ2n) is 5.44. The summed E-state index contributed by atoms with van der Waals surface area (Å²) >= 11 is 3.53. The van der Waals surface area contributed by atoms with Gasteiger partial charge in [-0.05, 0) is 41.1 Å². The van der Waals surface area contributed by atoms with Crippen LogP contribution in [-0.4, -0.2) is 9.55 Å². The van der Waals surface area contributed by atoms with Crippen LogP contribution in [-0.2, 0) is 0 Å². The summed E-state index contributed by atoms with van der Waals surface area (Å²) in [5.74, 6) is 0.913. The largest absolute Gasteiger partial charge is 0.324 e. The van der Waals surface area contributed by atoms with E-state index in [4.69, 9.17) is 4.98 Å². The molecule has 1 atom stereocenters. The first-order valence-electron chi connectivity index (χ1n) is 7.43. The molecule has 23 heavy (non-hydrogen) atoms. The Morgan fingerprint density at radius 2 is 1.83 bits per heavy atom. The van der Waals surface area contributed by atoms with Gasteiger partial charge < -0.3 is 5.32 Å². The number of hydrogen-bond acceptors (Lipinski definition) is 4. The summed E-state index contributed by atoms with van der Waals surface area (Å²) in [7, 11) is 0. The van der Waals surface area contributed by atoms with Crippen molar-refractivity contribution in [1.29, 1.82) is 0 Å². The van der Waals surface area contributed by atoms with Gasteiger partial charge in [0.2, 0.25) is 5.95 Å². The number of benzene rings is 1. The van der Waals surface area contributed by atoms with E-state index in [0.29, 0.717) is 0 Å². The molecule has 1 aromatic carbocycles. The van der Waals surface area contributed by atoms with Crippen LogP contribution < -0.4 is 5.32 Å². The van der Waals surface area contributed by atoms with Crippen LogP contribution in [0.1, 0.15) is 15.8 Å². The Hall–Kier alpha value is -2.37. The number of anilines is 1. The molecule has 1 aliphatic rings. The SMILES string of the molecule is C1=C(c2cccs2)Nc2nc3ccccc3n2C1c1cccs1. The number of allylic oxidation sites excluding steroid dienone is 1. The quantitative estimate of drug-likeness (QED) is 0.544. The van der Waals surface area contributed by atoms with Crippen molar-refractivity contribution in [3.63, 3.8) is 0 Å². The zero-order chi connectivity index (χ0) is 15.2. The molecule has 3 nitrogen and oxygen atoms in total. The Labute approximate surface area is 141 Å². The fourth-order valence-corrected chi connectivity index (χ4v) is 4.54. The summed E-state index contributed by atoms with van der Waals surface area (Å²) in [5.41, 5.74) is 3.33. The lowest BCUT2D eigenvalue weighted by Crippen LogP contribution is -2.18. The van der Waals surface area contributed by atoms with Crippen molar-refractivity contribution >= 4 is 45.4 Å². The van der Waals surface area contributed by atoms with Gasteiger partial charge >= 0.3 is 0 Å². The molecular formula is C18H13N3S2. The van der Waals surface area contributed by atoms with E-state index in [2.05, 4.69) is 69.2 Å². The molecule has 0 radical (unpaired) electrons. The van der Waals surface area contributed by atoms with Gasteiger partial charge in [0.15, 0.2) is 0 Å². The van der Waals surface area contributed by atoms with Gasteiger partial charge in [0.1, 0.15) is 0 Å². The molecular weight excluding hydrogens is 322 g/mol. The van der Waals surface area contributed by atoms with Crippen LogP contribution in [0, 0.1) is 0 Å². The Balaban J connectivity index is 1.75. The first-order valence-corrected chi connectivity index (χ1v) is 9.19. The number of imidazole rings is 1. The van der Waals surface area contributed by atoms with Crippen LogP contribution in [0.2, 0.25) is 0 Å². The maximum Gasteiger partial charge on any atom is 0.209 e. The molecule has 0 saturated carbocycles. The smallest absolute Gasteiger partial charge is 0.209 e. The zero-order valence-corrected chi connectivity index (χ0v) is 13.8. The number of para-hydroxylation sites is 2. The fraction of sp³-hybridized carbons (Fsp3) is 0.0556. The molecule has 0 fully saturated rings. The van der Waals surface area contributed by atoms with Crippen molar-refractivity contribution in [1.82, 2.24) is 9.55 Å². The van der Waals surface area contributed by atoms with Gasteiger partial charge in [-0.3, -0.25) is 4.57 Å². The number of fused-ring (bicyclic) bond motifs is 3. The first-order chi connectivity index (χ1) is 11.4. The van der Waals surface area contributed by atoms with E-state index in [1.807, 2.05) is 6.07 Å². The van der Waals surface area contributed by atoms with E-state index in [-0.39, 0.29) is 6.04 Å². The minimum Gasteiger partial charge on any atom is -0.324 e. The average Bonchev–Trinajstić information content (AvgIpc) is 3.32. The summed E-state index contributed by atoms with van der Waals surface area (Å²) < 4.78 is 2.29. The van der Waals surface area contributed by atoms with E-state index < -0.39 is 0 Å². The topological polar surface area (TPSA) is 29.9 Å². The summed E-state index contributed by atoms with van der Waals surface area (Å²) in [5, 5.41) is 7.75. The van der Waals surface area contributed by atoms with Gasteiger partial charge in [-0.1, -0.05) is 24.3 Å². The fourth-order valence-electron chi connectivity index (χ4n) is 3.05. The summed E-state index contributed by atoms with van der Waals surface area (Å²) in [6, 6.07) is 17.0. The molecule has 1 N–H and O–H groups in total. The third-order valence-corrected chi connectivity index (χ3v) is 5.91. The number of hydrogen-bond donors (Lipinski definition) is 1. The number of nitrogens with one attached hydrogen (secondary N) is 1. The summed E-state index contributed by atoms with van der Waals surface area (Å²) in [4.78, 5) is 7.36. The third-order valence-electron chi connectivity index (χ3n) is 4.07.